The van der Waals surface area contributed by atoms with Gasteiger partial charge in [-0.05, 0) is 38.9 Å². The van der Waals surface area contributed by atoms with Gasteiger partial charge in [0.05, 0.1) is 5.69 Å². The highest BCUT2D eigenvalue weighted by Crippen LogP contribution is 2.21. The molecule has 1 aromatic heterocycles. The molecule has 2 rings (SSSR count). The molecule has 1 aromatic rings. The molecule has 0 aromatic carbocycles. The van der Waals surface area contributed by atoms with Crippen LogP contribution in [0, 0.1) is 0 Å². The minimum absolute atomic E-state index is 0.334. The second kappa shape index (κ2) is 4.93. The first kappa shape index (κ1) is 11.6. The van der Waals surface area contributed by atoms with Crippen molar-refractivity contribution >= 4 is 0 Å². The van der Waals surface area contributed by atoms with Crippen molar-refractivity contribution in [2.24, 2.45) is 0 Å². The zero-order valence-corrected chi connectivity index (χ0v) is 10.2. The predicted octanol–water partition coefficient (Wildman–Crippen LogP) is 1.66. The van der Waals surface area contributed by atoms with E-state index >= 15 is 0 Å². The van der Waals surface area contributed by atoms with Crippen LogP contribution in [0.15, 0.2) is 24.4 Å². The number of piperidine rings is 1. The van der Waals surface area contributed by atoms with E-state index in [1.54, 1.807) is 0 Å². The van der Waals surface area contributed by atoms with Crippen LogP contribution in [0.25, 0.3) is 0 Å². The predicted molar refractivity (Wildman–Crippen MR) is 66.2 cm³/mol. The maximum absolute atomic E-state index is 4.37. The van der Waals surface area contributed by atoms with Gasteiger partial charge in [0, 0.05) is 31.4 Å². The lowest BCUT2D eigenvalue weighted by Gasteiger charge is -2.39. The van der Waals surface area contributed by atoms with Crippen LogP contribution in [0.4, 0.5) is 0 Å². The summed E-state index contributed by atoms with van der Waals surface area (Å²) in [6.45, 7) is 5.62. The highest BCUT2D eigenvalue weighted by molar-refractivity contribution is 5.03. The van der Waals surface area contributed by atoms with Gasteiger partial charge in [-0.25, -0.2) is 0 Å². The first-order chi connectivity index (χ1) is 7.72. The van der Waals surface area contributed by atoms with E-state index in [1.807, 2.05) is 12.3 Å². The van der Waals surface area contributed by atoms with Crippen molar-refractivity contribution in [1.82, 2.24) is 15.2 Å². The molecule has 0 atom stereocenters. The van der Waals surface area contributed by atoms with Gasteiger partial charge in [-0.3, -0.25) is 9.88 Å². The van der Waals surface area contributed by atoms with Gasteiger partial charge in [0.25, 0.3) is 0 Å². The fraction of sp³-hybridized carbons (Fsp3) is 0.615. The zero-order valence-electron chi connectivity index (χ0n) is 10.2. The Morgan fingerprint density at radius 2 is 2.12 bits per heavy atom. The van der Waals surface area contributed by atoms with Crippen LogP contribution in [0.3, 0.4) is 0 Å². The standard InChI is InChI=1S/C13H21N3/c1-13(14-2)6-9-16(10-7-13)11-12-5-3-4-8-15-12/h3-5,8,14H,6-7,9-11H2,1-2H3. The minimum atomic E-state index is 0.334. The smallest absolute Gasteiger partial charge is 0.0543 e. The quantitative estimate of drug-likeness (QED) is 0.838. The van der Waals surface area contributed by atoms with Crippen LogP contribution >= 0.6 is 0 Å². The summed E-state index contributed by atoms with van der Waals surface area (Å²) in [7, 11) is 2.06. The topological polar surface area (TPSA) is 28.2 Å². The van der Waals surface area contributed by atoms with Crippen LogP contribution in [0.1, 0.15) is 25.5 Å². The van der Waals surface area contributed by atoms with Crippen LogP contribution in [-0.4, -0.2) is 35.6 Å². The second-order valence-corrected chi connectivity index (χ2v) is 4.91. The van der Waals surface area contributed by atoms with Crippen molar-refractivity contribution in [3.63, 3.8) is 0 Å². The Morgan fingerprint density at radius 1 is 1.38 bits per heavy atom. The fourth-order valence-corrected chi connectivity index (χ4v) is 2.18. The van der Waals surface area contributed by atoms with Crippen LogP contribution in [0.5, 0.6) is 0 Å². The summed E-state index contributed by atoms with van der Waals surface area (Å²) in [5.41, 5.74) is 1.51. The molecular formula is C13H21N3. The molecule has 0 bridgehead atoms. The van der Waals surface area contributed by atoms with E-state index in [2.05, 4.69) is 41.3 Å². The van der Waals surface area contributed by atoms with E-state index in [9.17, 15) is 0 Å². The Balaban J connectivity index is 1.86. The van der Waals surface area contributed by atoms with E-state index < -0.39 is 0 Å². The molecule has 88 valence electrons. The maximum Gasteiger partial charge on any atom is 0.0543 e. The third-order valence-electron chi connectivity index (χ3n) is 3.67. The lowest BCUT2D eigenvalue weighted by molar-refractivity contribution is 0.145. The third kappa shape index (κ3) is 2.80. The molecule has 1 aliphatic rings. The first-order valence-corrected chi connectivity index (χ1v) is 6.03. The van der Waals surface area contributed by atoms with Crippen LogP contribution < -0.4 is 5.32 Å². The van der Waals surface area contributed by atoms with E-state index in [4.69, 9.17) is 0 Å². The van der Waals surface area contributed by atoms with Gasteiger partial charge in [-0.15, -0.1) is 0 Å². The van der Waals surface area contributed by atoms with Crippen molar-refractivity contribution in [3.05, 3.63) is 30.1 Å². The highest BCUT2D eigenvalue weighted by Gasteiger charge is 2.27. The normalized spacial score (nSPS) is 20.9. The molecular weight excluding hydrogens is 198 g/mol. The second-order valence-electron chi connectivity index (χ2n) is 4.91. The van der Waals surface area contributed by atoms with Crippen molar-refractivity contribution in [3.8, 4) is 0 Å². The van der Waals surface area contributed by atoms with E-state index in [1.165, 1.54) is 18.5 Å². The third-order valence-corrected chi connectivity index (χ3v) is 3.67. The maximum atomic E-state index is 4.37. The minimum Gasteiger partial charge on any atom is -0.314 e. The summed E-state index contributed by atoms with van der Waals surface area (Å²) in [5.74, 6) is 0. The molecule has 16 heavy (non-hydrogen) atoms. The number of pyridine rings is 1. The SMILES string of the molecule is CNC1(C)CCN(Cc2ccccn2)CC1. The first-order valence-electron chi connectivity index (χ1n) is 6.03. The molecule has 0 spiro atoms. The molecule has 0 aliphatic carbocycles. The van der Waals surface area contributed by atoms with Crippen LogP contribution in [-0.2, 0) is 6.54 Å². The number of aromatic nitrogens is 1. The summed E-state index contributed by atoms with van der Waals surface area (Å²) in [4.78, 5) is 6.86. The highest BCUT2D eigenvalue weighted by atomic mass is 15.2. The molecule has 0 radical (unpaired) electrons. The average molecular weight is 219 g/mol. The molecule has 0 unspecified atom stereocenters. The number of hydrogen-bond acceptors (Lipinski definition) is 3. The monoisotopic (exact) mass is 219 g/mol. The van der Waals surface area contributed by atoms with Gasteiger partial charge in [-0.1, -0.05) is 6.07 Å². The zero-order chi connectivity index (χ0) is 11.4. The lowest BCUT2D eigenvalue weighted by atomic mass is 9.90. The molecule has 1 aliphatic heterocycles. The number of likely N-dealkylation sites (tertiary alicyclic amines) is 1. The van der Waals surface area contributed by atoms with Crippen molar-refractivity contribution in [1.29, 1.82) is 0 Å². The van der Waals surface area contributed by atoms with E-state index in [-0.39, 0.29) is 0 Å². The number of nitrogens with one attached hydrogen (secondary N) is 1. The van der Waals surface area contributed by atoms with Gasteiger partial charge in [0.1, 0.15) is 0 Å². The molecule has 0 amide bonds. The van der Waals surface area contributed by atoms with Crippen molar-refractivity contribution in [2.75, 3.05) is 20.1 Å². The number of nitrogens with zero attached hydrogens (tertiary/aromatic N) is 2. The summed E-state index contributed by atoms with van der Waals surface area (Å²) in [6, 6.07) is 6.13. The average Bonchev–Trinajstić information content (AvgIpc) is 2.34. The molecule has 0 saturated carbocycles. The Kier molecular flexibility index (Phi) is 3.56. The molecule has 3 nitrogen and oxygen atoms in total. The number of hydrogen-bond donors (Lipinski definition) is 1. The van der Waals surface area contributed by atoms with Crippen molar-refractivity contribution in [2.45, 2.75) is 31.8 Å². The van der Waals surface area contributed by atoms with Gasteiger partial charge >= 0.3 is 0 Å². The molecule has 2 heterocycles. The van der Waals surface area contributed by atoms with Crippen molar-refractivity contribution < 1.29 is 0 Å². The summed E-state index contributed by atoms with van der Waals surface area (Å²) in [6.07, 6.45) is 4.31. The fourth-order valence-electron chi connectivity index (χ4n) is 2.18. The summed E-state index contributed by atoms with van der Waals surface area (Å²) < 4.78 is 0. The van der Waals surface area contributed by atoms with Gasteiger partial charge in [-0.2, -0.15) is 0 Å². The van der Waals surface area contributed by atoms with Crippen LogP contribution in [0.2, 0.25) is 0 Å². The van der Waals surface area contributed by atoms with Gasteiger partial charge in [0.15, 0.2) is 0 Å². The Labute approximate surface area is 97.9 Å². The van der Waals surface area contributed by atoms with Gasteiger partial charge < -0.3 is 5.32 Å². The molecule has 3 heteroatoms. The summed E-state index contributed by atoms with van der Waals surface area (Å²) in [5, 5.41) is 3.42. The Morgan fingerprint density at radius 3 is 2.69 bits per heavy atom. The van der Waals surface area contributed by atoms with E-state index in [0.29, 0.717) is 5.54 Å². The molecule has 1 saturated heterocycles. The number of rotatable bonds is 3. The molecule has 1 N–H and O–H groups in total. The molecule has 1 fully saturated rings. The Bertz CT molecular complexity index is 315. The van der Waals surface area contributed by atoms with E-state index in [0.717, 1.165) is 19.6 Å². The Hall–Kier alpha value is -0.930. The largest absolute Gasteiger partial charge is 0.314 e. The van der Waals surface area contributed by atoms with Gasteiger partial charge in [0.2, 0.25) is 0 Å². The summed E-state index contributed by atoms with van der Waals surface area (Å²) >= 11 is 0. The lowest BCUT2D eigenvalue weighted by Crippen LogP contribution is -2.49.